The van der Waals surface area contributed by atoms with Gasteiger partial charge in [-0.25, -0.2) is 9.78 Å². The van der Waals surface area contributed by atoms with E-state index in [1.807, 2.05) is 39.1 Å². The van der Waals surface area contributed by atoms with E-state index in [-0.39, 0.29) is 0 Å². The molecule has 1 saturated heterocycles. The van der Waals surface area contributed by atoms with E-state index in [0.717, 1.165) is 24.5 Å². The molecule has 2 heterocycles. The monoisotopic (exact) mass is 305 g/mol. The largest absolute Gasteiger partial charge is 0.444 e. The fourth-order valence-electron chi connectivity index (χ4n) is 2.50. The normalized spacial score (nSPS) is 16.0. The van der Waals surface area contributed by atoms with Crippen molar-refractivity contribution in [2.24, 2.45) is 0 Å². The van der Waals surface area contributed by atoms with Crippen molar-refractivity contribution >= 4 is 11.9 Å². The Morgan fingerprint density at radius 1 is 1.23 bits per heavy atom. The predicted octanol–water partition coefficient (Wildman–Crippen LogP) is 3.49. The highest BCUT2D eigenvalue weighted by Crippen LogP contribution is 2.17. The van der Waals surface area contributed by atoms with Crippen molar-refractivity contribution in [3.63, 3.8) is 0 Å². The molecule has 0 bridgehead atoms. The molecule has 0 atom stereocenters. The summed E-state index contributed by atoms with van der Waals surface area (Å²) in [4.78, 5) is 18.5. The number of carbonyl (C=O) groups is 1. The molecule has 0 radical (unpaired) electrons. The Hall–Kier alpha value is -1.78. The average Bonchev–Trinajstić information content (AvgIpc) is 2.73. The standard InChI is InChI=1S/C17H27N3O2/c1-17(2,3)22-16(21)19-13-14-8-9-15(18-12-14)20-10-6-4-5-7-11-20/h8-9,12H,4-7,10-11,13H2,1-3H3,(H,19,21). The molecule has 1 aromatic rings. The Kier molecular flexibility index (Phi) is 5.63. The molecule has 5 nitrogen and oxygen atoms in total. The number of ether oxygens (including phenoxy) is 1. The zero-order valence-electron chi connectivity index (χ0n) is 13.9. The van der Waals surface area contributed by atoms with Crippen LogP contribution in [0.5, 0.6) is 0 Å². The van der Waals surface area contributed by atoms with E-state index >= 15 is 0 Å². The van der Waals surface area contributed by atoms with Crippen molar-refractivity contribution in [3.8, 4) is 0 Å². The maximum absolute atomic E-state index is 11.6. The van der Waals surface area contributed by atoms with E-state index in [1.165, 1.54) is 25.7 Å². The molecule has 5 heteroatoms. The summed E-state index contributed by atoms with van der Waals surface area (Å²) >= 11 is 0. The van der Waals surface area contributed by atoms with Gasteiger partial charge in [-0.3, -0.25) is 0 Å². The Balaban J connectivity index is 1.85. The van der Waals surface area contributed by atoms with E-state index < -0.39 is 11.7 Å². The average molecular weight is 305 g/mol. The lowest BCUT2D eigenvalue weighted by molar-refractivity contribution is 0.0523. The number of hydrogen-bond donors (Lipinski definition) is 1. The molecule has 2 rings (SSSR count). The molecule has 1 fully saturated rings. The number of alkyl carbamates (subject to hydrolysis) is 1. The van der Waals surface area contributed by atoms with Crippen molar-refractivity contribution in [2.75, 3.05) is 18.0 Å². The van der Waals surface area contributed by atoms with Crippen LogP contribution >= 0.6 is 0 Å². The minimum atomic E-state index is -0.473. The van der Waals surface area contributed by atoms with Crippen LogP contribution in [0.15, 0.2) is 18.3 Å². The van der Waals surface area contributed by atoms with E-state index in [0.29, 0.717) is 6.54 Å². The Labute approximate surface area is 133 Å². The molecule has 0 aromatic carbocycles. The summed E-state index contributed by atoms with van der Waals surface area (Å²) in [6.45, 7) is 8.16. The first-order valence-electron chi connectivity index (χ1n) is 8.11. The number of hydrogen-bond acceptors (Lipinski definition) is 4. The van der Waals surface area contributed by atoms with Crippen LogP contribution in [0.25, 0.3) is 0 Å². The molecule has 0 aliphatic carbocycles. The zero-order chi connectivity index (χ0) is 16.0. The molecule has 1 aromatic heterocycles. The van der Waals surface area contributed by atoms with Crippen LogP contribution in [0, 0.1) is 0 Å². The highest BCUT2D eigenvalue weighted by atomic mass is 16.6. The minimum absolute atomic E-state index is 0.399. The van der Waals surface area contributed by atoms with Crippen LogP contribution in [0.2, 0.25) is 0 Å². The van der Waals surface area contributed by atoms with Gasteiger partial charge < -0.3 is 15.0 Å². The third-order valence-corrected chi connectivity index (χ3v) is 3.57. The molecular weight excluding hydrogens is 278 g/mol. The molecule has 0 spiro atoms. The van der Waals surface area contributed by atoms with Gasteiger partial charge in [0.2, 0.25) is 0 Å². The first-order chi connectivity index (χ1) is 10.4. The molecule has 22 heavy (non-hydrogen) atoms. The van der Waals surface area contributed by atoms with Gasteiger partial charge in [0, 0.05) is 25.8 Å². The van der Waals surface area contributed by atoms with Gasteiger partial charge in [0.1, 0.15) is 11.4 Å². The summed E-state index contributed by atoms with van der Waals surface area (Å²) in [6, 6.07) is 4.06. The Morgan fingerprint density at radius 2 is 1.91 bits per heavy atom. The number of nitrogens with zero attached hydrogens (tertiary/aromatic N) is 2. The number of rotatable bonds is 3. The molecule has 1 aliphatic heterocycles. The van der Waals surface area contributed by atoms with Crippen molar-refractivity contribution in [2.45, 2.75) is 58.6 Å². The van der Waals surface area contributed by atoms with Crippen molar-refractivity contribution in [3.05, 3.63) is 23.9 Å². The van der Waals surface area contributed by atoms with Gasteiger partial charge in [-0.1, -0.05) is 18.9 Å². The second-order valence-corrected chi connectivity index (χ2v) is 6.78. The third kappa shape index (κ3) is 5.54. The number of aromatic nitrogens is 1. The molecule has 0 unspecified atom stereocenters. The molecular formula is C17H27N3O2. The van der Waals surface area contributed by atoms with Gasteiger partial charge in [-0.05, 0) is 45.2 Å². The van der Waals surface area contributed by atoms with Crippen molar-refractivity contribution in [1.29, 1.82) is 0 Å². The van der Waals surface area contributed by atoms with Gasteiger partial charge >= 0.3 is 6.09 Å². The fourth-order valence-corrected chi connectivity index (χ4v) is 2.50. The number of carbonyl (C=O) groups excluding carboxylic acids is 1. The summed E-state index contributed by atoms with van der Waals surface area (Å²) in [6.07, 6.45) is 6.54. The second kappa shape index (κ2) is 7.47. The number of anilines is 1. The number of pyridine rings is 1. The summed E-state index contributed by atoms with van der Waals surface area (Å²) in [5, 5.41) is 2.75. The van der Waals surface area contributed by atoms with Crippen LogP contribution < -0.4 is 10.2 Å². The maximum Gasteiger partial charge on any atom is 0.407 e. The number of amides is 1. The Morgan fingerprint density at radius 3 is 2.45 bits per heavy atom. The summed E-state index contributed by atoms with van der Waals surface area (Å²) < 4.78 is 5.21. The molecule has 1 aliphatic rings. The van der Waals surface area contributed by atoms with Gasteiger partial charge in [0.25, 0.3) is 0 Å². The molecule has 0 saturated carbocycles. The lowest BCUT2D eigenvalue weighted by Gasteiger charge is -2.21. The minimum Gasteiger partial charge on any atom is -0.444 e. The van der Waals surface area contributed by atoms with Gasteiger partial charge in [-0.15, -0.1) is 0 Å². The molecule has 122 valence electrons. The Bertz CT molecular complexity index is 472. The predicted molar refractivity (Wildman–Crippen MR) is 88.0 cm³/mol. The fraction of sp³-hybridized carbons (Fsp3) is 0.647. The van der Waals surface area contributed by atoms with E-state index in [4.69, 9.17) is 4.74 Å². The third-order valence-electron chi connectivity index (χ3n) is 3.57. The first kappa shape index (κ1) is 16.6. The number of nitrogens with one attached hydrogen (secondary N) is 1. The lowest BCUT2D eigenvalue weighted by atomic mass is 10.2. The van der Waals surface area contributed by atoms with E-state index in [2.05, 4.69) is 15.2 Å². The van der Waals surface area contributed by atoms with E-state index in [1.54, 1.807) is 0 Å². The lowest BCUT2D eigenvalue weighted by Crippen LogP contribution is -2.32. The van der Waals surface area contributed by atoms with Crippen LogP contribution in [0.1, 0.15) is 52.0 Å². The highest BCUT2D eigenvalue weighted by Gasteiger charge is 2.16. The SMILES string of the molecule is CC(C)(C)OC(=O)NCc1ccc(N2CCCCCC2)nc1. The quantitative estimate of drug-likeness (QED) is 0.929. The van der Waals surface area contributed by atoms with Crippen molar-refractivity contribution < 1.29 is 9.53 Å². The second-order valence-electron chi connectivity index (χ2n) is 6.78. The van der Waals surface area contributed by atoms with Gasteiger partial charge in [-0.2, -0.15) is 0 Å². The topological polar surface area (TPSA) is 54.5 Å². The van der Waals surface area contributed by atoms with Gasteiger partial charge in [0.05, 0.1) is 0 Å². The molecule has 1 N–H and O–H groups in total. The highest BCUT2D eigenvalue weighted by molar-refractivity contribution is 5.67. The van der Waals surface area contributed by atoms with Crippen LogP contribution in [-0.2, 0) is 11.3 Å². The summed E-state index contributed by atoms with van der Waals surface area (Å²) in [7, 11) is 0. The zero-order valence-corrected chi connectivity index (χ0v) is 13.9. The van der Waals surface area contributed by atoms with Crippen LogP contribution in [-0.4, -0.2) is 29.8 Å². The summed E-state index contributed by atoms with van der Waals surface area (Å²) in [5.41, 5.74) is 0.503. The summed E-state index contributed by atoms with van der Waals surface area (Å²) in [5.74, 6) is 1.03. The molecule has 1 amide bonds. The van der Waals surface area contributed by atoms with Gasteiger partial charge in [0.15, 0.2) is 0 Å². The smallest absolute Gasteiger partial charge is 0.407 e. The van der Waals surface area contributed by atoms with Crippen LogP contribution in [0.3, 0.4) is 0 Å². The van der Waals surface area contributed by atoms with Crippen molar-refractivity contribution in [1.82, 2.24) is 10.3 Å². The van der Waals surface area contributed by atoms with E-state index in [9.17, 15) is 4.79 Å². The maximum atomic E-state index is 11.6. The first-order valence-corrected chi connectivity index (χ1v) is 8.11. The van der Waals surface area contributed by atoms with Crippen LogP contribution in [0.4, 0.5) is 10.6 Å².